The summed E-state index contributed by atoms with van der Waals surface area (Å²) in [5.41, 5.74) is 0. The molecule has 0 aromatic rings. The first-order valence-electron chi connectivity index (χ1n) is 8.66. The lowest BCUT2D eigenvalue weighted by atomic mass is 9.86. The van der Waals surface area contributed by atoms with E-state index in [1.807, 2.05) is 27.7 Å². The van der Waals surface area contributed by atoms with Crippen LogP contribution in [-0.2, 0) is 23.7 Å². The van der Waals surface area contributed by atoms with Crippen molar-refractivity contribution < 1.29 is 28.8 Å². The zero-order chi connectivity index (χ0) is 16.9. The van der Waals surface area contributed by atoms with Gasteiger partial charge in [-0.15, -0.1) is 0 Å². The van der Waals surface area contributed by atoms with Crippen LogP contribution in [0.15, 0.2) is 0 Å². The quantitative estimate of drug-likeness (QED) is 0.834. The van der Waals surface area contributed by atoms with Crippen molar-refractivity contribution in [3.63, 3.8) is 0 Å². The van der Waals surface area contributed by atoms with E-state index in [0.717, 1.165) is 0 Å². The van der Waals surface area contributed by atoms with E-state index in [1.54, 1.807) is 0 Å². The molecule has 0 bridgehead atoms. The molecule has 3 fully saturated rings. The molecule has 23 heavy (non-hydrogen) atoms. The van der Waals surface area contributed by atoms with E-state index in [9.17, 15) is 5.11 Å². The number of hydrogen-bond donors (Lipinski definition) is 1. The number of fused-ring (bicyclic) bond motifs is 1. The molecule has 4 unspecified atom stereocenters. The Bertz CT molecular complexity index is 413. The topological polar surface area (TPSA) is 66.4 Å². The normalized spacial score (nSPS) is 53.1. The molecule has 3 saturated heterocycles. The summed E-state index contributed by atoms with van der Waals surface area (Å²) in [6.45, 7) is 12.5. The zero-order valence-electron chi connectivity index (χ0n) is 14.9. The molecular weight excluding hydrogens is 300 g/mol. The second-order valence-corrected chi connectivity index (χ2v) is 7.79. The summed E-state index contributed by atoms with van der Waals surface area (Å²) < 4.78 is 29.8. The third kappa shape index (κ3) is 3.30. The van der Waals surface area contributed by atoms with Gasteiger partial charge in [0, 0.05) is 17.8 Å². The molecule has 3 aliphatic rings. The maximum absolute atomic E-state index is 10.1. The first-order chi connectivity index (χ1) is 10.7. The fraction of sp³-hybridized carbons (Fsp3) is 1.00. The summed E-state index contributed by atoms with van der Waals surface area (Å²) in [6, 6.07) is 0. The summed E-state index contributed by atoms with van der Waals surface area (Å²) >= 11 is 0. The van der Waals surface area contributed by atoms with Crippen LogP contribution in [0.5, 0.6) is 0 Å². The largest absolute Gasteiger partial charge is 0.368 e. The van der Waals surface area contributed by atoms with Gasteiger partial charge < -0.3 is 28.8 Å². The predicted octanol–water partition coefficient (Wildman–Crippen LogP) is 1.89. The van der Waals surface area contributed by atoms with Crippen LogP contribution in [-0.4, -0.2) is 54.5 Å². The molecule has 3 rings (SSSR count). The van der Waals surface area contributed by atoms with Crippen molar-refractivity contribution in [3.05, 3.63) is 0 Å². The van der Waals surface area contributed by atoms with Crippen LogP contribution in [0.25, 0.3) is 0 Å². The molecule has 0 saturated carbocycles. The van der Waals surface area contributed by atoms with Gasteiger partial charge >= 0.3 is 0 Å². The third-order valence-electron chi connectivity index (χ3n) is 5.39. The van der Waals surface area contributed by atoms with Crippen LogP contribution in [0.2, 0.25) is 0 Å². The Hall–Kier alpha value is -0.240. The summed E-state index contributed by atoms with van der Waals surface area (Å²) in [5.74, 6) is -0.336. The number of ether oxygens (including phenoxy) is 5. The van der Waals surface area contributed by atoms with E-state index in [1.165, 1.54) is 0 Å². The Labute approximate surface area is 138 Å². The molecule has 6 heteroatoms. The van der Waals surface area contributed by atoms with Crippen LogP contribution in [0.3, 0.4) is 0 Å². The molecule has 3 aliphatic heterocycles. The first-order valence-corrected chi connectivity index (χ1v) is 8.66. The predicted molar refractivity (Wildman–Crippen MR) is 82.5 cm³/mol. The van der Waals surface area contributed by atoms with Gasteiger partial charge in [0.15, 0.2) is 18.4 Å². The minimum absolute atomic E-state index is 0.0310. The van der Waals surface area contributed by atoms with Gasteiger partial charge in [-0.05, 0) is 20.8 Å². The van der Waals surface area contributed by atoms with Crippen molar-refractivity contribution in [3.8, 4) is 0 Å². The van der Waals surface area contributed by atoms with Gasteiger partial charge in [0.1, 0.15) is 6.10 Å². The number of rotatable bonds is 2. The molecule has 0 spiro atoms. The summed E-state index contributed by atoms with van der Waals surface area (Å²) in [5, 5.41) is 10.1. The summed E-state index contributed by atoms with van der Waals surface area (Å²) in [6.07, 6.45) is -1.80. The second kappa shape index (κ2) is 6.24. The molecule has 0 aliphatic carbocycles. The highest BCUT2D eigenvalue weighted by atomic mass is 16.8. The standard InChI is InChI=1S/C17H30O6/c1-8-7-19-16(14-12(8)22-17(5,6)23-14)21-13-9(2)11(4)20-15(18)10(13)3/h8-16,18H,7H2,1-6H3/t8-,9-,10?,11?,12+,13+,14?,15?,16-/m1/s1. The molecule has 0 aromatic heterocycles. The van der Waals surface area contributed by atoms with Crippen LogP contribution >= 0.6 is 0 Å². The minimum Gasteiger partial charge on any atom is -0.368 e. The van der Waals surface area contributed by atoms with E-state index < -0.39 is 18.4 Å². The Morgan fingerprint density at radius 2 is 1.65 bits per heavy atom. The molecular formula is C17H30O6. The van der Waals surface area contributed by atoms with Crippen molar-refractivity contribution in [1.29, 1.82) is 0 Å². The molecule has 0 aromatic carbocycles. The van der Waals surface area contributed by atoms with Gasteiger partial charge in [-0.25, -0.2) is 0 Å². The SMILES string of the molecule is CC1OC(O)C(C)[C@@H](O[C@H]2OC[C@@H](C)[C@@H]3OC(C)(C)OC23)[C@@H]1C. The maximum Gasteiger partial charge on any atom is 0.186 e. The molecule has 0 amide bonds. The van der Waals surface area contributed by atoms with Gasteiger partial charge in [-0.2, -0.15) is 0 Å². The van der Waals surface area contributed by atoms with Gasteiger partial charge in [0.2, 0.25) is 0 Å². The number of aliphatic hydroxyl groups excluding tert-OH is 1. The average Bonchev–Trinajstić information content (AvgIpc) is 2.80. The molecule has 0 radical (unpaired) electrons. The van der Waals surface area contributed by atoms with Gasteiger partial charge in [-0.1, -0.05) is 20.8 Å². The van der Waals surface area contributed by atoms with Crippen molar-refractivity contribution in [2.75, 3.05) is 6.61 Å². The monoisotopic (exact) mass is 330 g/mol. The highest BCUT2D eigenvalue weighted by molar-refractivity contribution is 4.92. The van der Waals surface area contributed by atoms with E-state index >= 15 is 0 Å². The Morgan fingerprint density at radius 1 is 1.00 bits per heavy atom. The van der Waals surface area contributed by atoms with E-state index in [4.69, 9.17) is 23.7 Å². The van der Waals surface area contributed by atoms with Gasteiger partial charge in [-0.3, -0.25) is 0 Å². The third-order valence-corrected chi connectivity index (χ3v) is 5.39. The van der Waals surface area contributed by atoms with Crippen LogP contribution in [0.1, 0.15) is 41.5 Å². The average molecular weight is 330 g/mol. The van der Waals surface area contributed by atoms with Gasteiger partial charge in [0.05, 0.1) is 24.9 Å². The molecule has 1 N–H and O–H groups in total. The van der Waals surface area contributed by atoms with Crippen molar-refractivity contribution in [1.82, 2.24) is 0 Å². The van der Waals surface area contributed by atoms with E-state index in [-0.39, 0.29) is 42.2 Å². The van der Waals surface area contributed by atoms with Gasteiger partial charge in [0.25, 0.3) is 0 Å². The summed E-state index contributed by atoms with van der Waals surface area (Å²) in [4.78, 5) is 0. The lowest BCUT2D eigenvalue weighted by Gasteiger charge is -2.45. The fourth-order valence-electron chi connectivity index (χ4n) is 3.80. The zero-order valence-corrected chi connectivity index (χ0v) is 14.9. The highest BCUT2D eigenvalue weighted by Crippen LogP contribution is 2.40. The first kappa shape index (κ1) is 17.6. The lowest BCUT2D eigenvalue weighted by Crippen LogP contribution is -2.55. The van der Waals surface area contributed by atoms with Crippen molar-refractivity contribution in [2.45, 2.75) is 84.3 Å². The maximum atomic E-state index is 10.1. The molecule has 134 valence electrons. The number of hydrogen-bond acceptors (Lipinski definition) is 6. The fourth-order valence-corrected chi connectivity index (χ4v) is 3.80. The second-order valence-electron chi connectivity index (χ2n) is 7.79. The van der Waals surface area contributed by atoms with E-state index in [2.05, 4.69) is 13.8 Å². The summed E-state index contributed by atoms with van der Waals surface area (Å²) in [7, 11) is 0. The van der Waals surface area contributed by atoms with Crippen LogP contribution in [0.4, 0.5) is 0 Å². The molecule has 3 heterocycles. The highest BCUT2D eigenvalue weighted by Gasteiger charge is 2.53. The molecule has 6 nitrogen and oxygen atoms in total. The minimum atomic E-state index is -0.818. The smallest absolute Gasteiger partial charge is 0.186 e. The van der Waals surface area contributed by atoms with Crippen molar-refractivity contribution >= 4 is 0 Å². The van der Waals surface area contributed by atoms with Crippen LogP contribution in [0, 0.1) is 17.8 Å². The van der Waals surface area contributed by atoms with Crippen molar-refractivity contribution in [2.24, 2.45) is 17.8 Å². The Kier molecular flexibility index (Phi) is 4.77. The van der Waals surface area contributed by atoms with Crippen LogP contribution < -0.4 is 0 Å². The Morgan fingerprint density at radius 3 is 2.35 bits per heavy atom. The number of aliphatic hydroxyl groups is 1. The Balaban J connectivity index is 1.74. The lowest BCUT2D eigenvalue weighted by molar-refractivity contribution is -0.307. The molecule has 9 atom stereocenters. The van der Waals surface area contributed by atoms with E-state index in [0.29, 0.717) is 6.61 Å².